The SMILES string of the molecule is C=CCOP(OCCC)N(C(C)C)C(C)C.CCCCCCCCCCCCCC(=O)N[C@H](CO)COCC[C@H](O)CCCCCCC. The van der Waals surface area contributed by atoms with Crippen LogP contribution in [0, 0.1) is 0 Å². The maximum atomic E-state index is 12.1. The first-order valence-corrected chi connectivity index (χ1v) is 20.9. The molecule has 0 rings (SSSR count). The first kappa shape index (κ1) is 49.5. The molecule has 0 saturated heterocycles. The summed E-state index contributed by atoms with van der Waals surface area (Å²) in [7, 11) is -0.953. The first-order chi connectivity index (χ1) is 23.2. The minimum atomic E-state index is -0.953. The van der Waals surface area contributed by atoms with Gasteiger partial charge in [-0.1, -0.05) is 123 Å². The fraction of sp³-hybridized carbons (Fsp3) is 0.923. The van der Waals surface area contributed by atoms with Gasteiger partial charge in [-0.2, -0.15) is 0 Å². The number of amides is 1. The quantitative estimate of drug-likeness (QED) is 0.0348. The van der Waals surface area contributed by atoms with E-state index in [2.05, 4.69) is 65.0 Å². The van der Waals surface area contributed by atoms with Crippen LogP contribution in [0.2, 0.25) is 0 Å². The van der Waals surface area contributed by atoms with E-state index < -0.39 is 8.53 Å². The first-order valence-electron chi connectivity index (χ1n) is 19.8. The van der Waals surface area contributed by atoms with Gasteiger partial charge in [0.1, 0.15) is 0 Å². The van der Waals surface area contributed by atoms with Crippen molar-refractivity contribution in [3.63, 3.8) is 0 Å². The Bertz CT molecular complexity index is 677. The van der Waals surface area contributed by atoms with Crippen molar-refractivity contribution >= 4 is 14.4 Å². The Morgan fingerprint density at radius 3 is 1.75 bits per heavy atom. The fourth-order valence-corrected chi connectivity index (χ4v) is 7.06. The van der Waals surface area contributed by atoms with Crippen LogP contribution in [-0.4, -0.2) is 78.1 Å². The summed E-state index contributed by atoms with van der Waals surface area (Å²) in [5.41, 5.74) is 0. The number of nitrogens with zero attached hydrogens (tertiary/aromatic N) is 1. The Morgan fingerprint density at radius 1 is 0.750 bits per heavy atom. The summed E-state index contributed by atoms with van der Waals surface area (Å²) in [4.78, 5) is 12.1. The van der Waals surface area contributed by atoms with Gasteiger partial charge in [0.05, 0.1) is 38.6 Å². The molecule has 0 radical (unpaired) electrons. The number of carbonyl (C=O) groups is 1. The highest BCUT2D eigenvalue weighted by atomic mass is 31.2. The van der Waals surface area contributed by atoms with Gasteiger partial charge in [0.2, 0.25) is 5.91 Å². The number of nitrogens with one attached hydrogen (secondary N) is 1. The lowest BCUT2D eigenvalue weighted by molar-refractivity contribution is -0.122. The van der Waals surface area contributed by atoms with Crippen LogP contribution in [0.15, 0.2) is 12.7 Å². The molecule has 0 heterocycles. The predicted molar refractivity (Wildman–Crippen MR) is 206 cm³/mol. The molecule has 0 aromatic carbocycles. The summed E-state index contributed by atoms with van der Waals surface area (Å²) >= 11 is 0. The third kappa shape index (κ3) is 32.6. The lowest BCUT2D eigenvalue weighted by Crippen LogP contribution is -2.40. The minimum Gasteiger partial charge on any atom is -0.394 e. The molecule has 3 atom stereocenters. The molecule has 0 aromatic rings. The van der Waals surface area contributed by atoms with Gasteiger partial charge in [-0.05, 0) is 53.4 Å². The largest absolute Gasteiger partial charge is 0.394 e. The van der Waals surface area contributed by atoms with E-state index in [1.807, 2.05) is 0 Å². The van der Waals surface area contributed by atoms with Crippen LogP contribution >= 0.6 is 8.53 Å². The van der Waals surface area contributed by atoms with Gasteiger partial charge in [-0.3, -0.25) is 4.79 Å². The summed E-state index contributed by atoms with van der Waals surface area (Å²) in [6.07, 6.45) is 24.4. The van der Waals surface area contributed by atoms with Crippen molar-refractivity contribution in [3.05, 3.63) is 12.7 Å². The Morgan fingerprint density at radius 2 is 1.27 bits per heavy atom. The molecule has 0 aromatic heterocycles. The highest BCUT2D eigenvalue weighted by Crippen LogP contribution is 2.45. The third-order valence-electron chi connectivity index (χ3n) is 8.10. The van der Waals surface area contributed by atoms with Crippen molar-refractivity contribution in [2.75, 3.05) is 33.0 Å². The number of rotatable bonds is 34. The summed E-state index contributed by atoms with van der Waals surface area (Å²) in [5.74, 6) is -0.00399. The molecule has 0 bridgehead atoms. The molecule has 0 saturated carbocycles. The summed E-state index contributed by atoms with van der Waals surface area (Å²) in [6.45, 7) is 20.8. The van der Waals surface area contributed by atoms with Gasteiger partial charge in [0, 0.05) is 25.1 Å². The zero-order valence-electron chi connectivity index (χ0n) is 32.7. The second-order valence-corrected chi connectivity index (χ2v) is 15.1. The second kappa shape index (κ2) is 37.7. The average Bonchev–Trinajstić information content (AvgIpc) is 3.05. The number of aliphatic hydroxyl groups excluding tert-OH is 2. The van der Waals surface area contributed by atoms with E-state index in [1.165, 1.54) is 83.5 Å². The number of hydrogen-bond donors (Lipinski definition) is 3. The van der Waals surface area contributed by atoms with Crippen LogP contribution < -0.4 is 5.32 Å². The molecule has 8 nitrogen and oxygen atoms in total. The molecule has 1 amide bonds. The summed E-state index contributed by atoms with van der Waals surface area (Å²) in [5, 5.41) is 22.4. The molecule has 3 N–H and O–H groups in total. The zero-order valence-corrected chi connectivity index (χ0v) is 33.6. The molecule has 0 fully saturated rings. The highest BCUT2D eigenvalue weighted by molar-refractivity contribution is 7.44. The normalized spacial score (nSPS) is 13.4. The lowest BCUT2D eigenvalue weighted by Gasteiger charge is -2.35. The Labute approximate surface area is 299 Å². The fourth-order valence-electron chi connectivity index (χ4n) is 5.39. The van der Waals surface area contributed by atoms with Crippen LogP contribution in [0.4, 0.5) is 0 Å². The molecule has 288 valence electrons. The number of ether oxygens (including phenoxy) is 1. The molecule has 0 spiro atoms. The van der Waals surface area contributed by atoms with E-state index in [-0.39, 0.29) is 24.7 Å². The summed E-state index contributed by atoms with van der Waals surface area (Å²) < 4.78 is 19.4. The third-order valence-corrected chi connectivity index (χ3v) is 10.2. The van der Waals surface area contributed by atoms with E-state index in [0.717, 1.165) is 38.7 Å². The van der Waals surface area contributed by atoms with Crippen molar-refractivity contribution < 1.29 is 28.8 Å². The average molecular weight is 705 g/mol. The maximum absolute atomic E-state index is 12.1. The topological polar surface area (TPSA) is 100 Å². The van der Waals surface area contributed by atoms with Crippen molar-refractivity contribution in [3.8, 4) is 0 Å². The number of aliphatic hydroxyl groups is 2. The van der Waals surface area contributed by atoms with E-state index in [9.17, 15) is 15.0 Å². The van der Waals surface area contributed by atoms with Crippen molar-refractivity contribution in [2.45, 2.75) is 201 Å². The van der Waals surface area contributed by atoms with Gasteiger partial charge >= 0.3 is 0 Å². The van der Waals surface area contributed by atoms with Gasteiger partial charge in [0.25, 0.3) is 8.53 Å². The van der Waals surface area contributed by atoms with Crippen molar-refractivity contribution in [1.82, 2.24) is 9.99 Å². The van der Waals surface area contributed by atoms with E-state index in [4.69, 9.17) is 13.8 Å². The number of unbranched alkanes of at least 4 members (excludes halogenated alkanes) is 14. The highest BCUT2D eigenvalue weighted by Gasteiger charge is 2.26. The summed E-state index contributed by atoms with van der Waals surface area (Å²) in [6, 6.07) is 0.488. The van der Waals surface area contributed by atoms with Crippen molar-refractivity contribution in [1.29, 1.82) is 0 Å². The van der Waals surface area contributed by atoms with Crippen molar-refractivity contribution in [2.24, 2.45) is 0 Å². The van der Waals surface area contributed by atoms with Gasteiger partial charge < -0.3 is 29.3 Å². The van der Waals surface area contributed by atoms with Crippen LogP contribution in [0.5, 0.6) is 0 Å². The van der Waals surface area contributed by atoms with E-state index in [0.29, 0.717) is 44.7 Å². The van der Waals surface area contributed by atoms with Gasteiger partial charge in [-0.25, -0.2) is 4.67 Å². The van der Waals surface area contributed by atoms with Crippen LogP contribution in [0.3, 0.4) is 0 Å². The smallest absolute Gasteiger partial charge is 0.259 e. The van der Waals surface area contributed by atoms with Crippen LogP contribution in [0.1, 0.15) is 177 Å². The predicted octanol–water partition coefficient (Wildman–Crippen LogP) is 10.3. The number of carbonyl (C=O) groups excluding carboxylic acids is 1. The monoisotopic (exact) mass is 705 g/mol. The van der Waals surface area contributed by atoms with Crippen LogP contribution in [-0.2, 0) is 18.6 Å². The standard InChI is InChI=1S/C27H55NO4.C12H26NO2P/c1-3-5-7-9-10-11-12-13-14-16-18-20-27(31)28-25(23-29)24-32-22-21-26(30)19-17-15-8-6-4-2;1-7-9-14-16(15-10-8-2)13(11(3)4)12(5)6/h25-26,29-30H,3-24H2,1-2H3,(H,28,31);7,11-12H,1,8-10H2,2-6H3/t25-,26-;/m1./s1. The molecule has 1 unspecified atom stereocenters. The van der Waals surface area contributed by atoms with E-state index in [1.54, 1.807) is 6.08 Å². The maximum Gasteiger partial charge on any atom is 0.259 e. The second-order valence-electron chi connectivity index (χ2n) is 13.7. The number of hydrogen-bond acceptors (Lipinski definition) is 7. The van der Waals surface area contributed by atoms with Gasteiger partial charge in [-0.15, -0.1) is 6.58 Å². The molecule has 9 heteroatoms. The molecule has 0 aliphatic heterocycles. The van der Waals surface area contributed by atoms with Gasteiger partial charge in [0.15, 0.2) is 0 Å². The Hall–Kier alpha value is -0.600. The van der Waals surface area contributed by atoms with Crippen LogP contribution in [0.25, 0.3) is 0 Å². The zero-order chi connectivity index (χ0) is 36.3. The molecule has 48 heavy (non-hydrogen) atoms. The molecular formula is C39H81N2O6P. The molecule has 0 aliphatic carbocycles. The lowest BCUT2D eigenvalue weighted by atomic mass is 10.1. The molecular weight excluding hydrogens is 623 g/mol. The molecule has 0 aliphatic rings. The Balaban J connectivity index is 0. The minimum absolute atomic E-state index is 0.00399. The Kier molecular flexibility index (Phi) is 38.8. The van der Waals surface area contributed by atoms with E-state index >= 15 is 0 Å².